The van der Waals surface area contributed by atoms with Crippen LogP contribution in [0.1, 0.15) is 12.5 Å². The number of hydrogen-bond acceptors (Lipinski definition) is 2. The molecule has 0 aliphatic carbocycles. The molecule has 1 rings (SSSR count). The Morgan fingerprint density at radius 2 is 1.05 bits per heavy atom. The van der Waals surface area contributed by atoms with E-state index in [1.807, 2.05) is 0 Å². The molecular weight excluding hydrogens is 304 g/mol. The van der Waals surface area contributed by atoms with Crippen LogP contribution in [-0.2, 0) is 5.92 Å². The molecule has 0 amide bonds. The van der Waals surface area contributed by atoms with E-state index >= 15 is 0 Å². The summed E-state index contributed by atoms with van der Waals surface area (Å²) in [7, 11) is 0. The van der Waals surface area contributed by atoms with Gasteiger partial charge in [0.15, 0.2) is 0 Å². The first-order valence-electron chi connectivity index (χ1n) is 4.81. The fourth-order valence-electron chi connectivity index (χ4n) is 1.21. The van der Waals surface area contributed by atoms with E-state index in [2.05, 4.69) is 9.47 Å². The Morgan fingerprint density at radius 1 is 0.700 bits per heavy atom. The van der Waals surface area contributed by atoms with Gasteiger partial charge in [-0.1, -0.05) is 0 Å². The van der Waals surface area contributed by atoms with Crippen molar-refractivity contribution in [2.24, 2.45) is 0 Å². The Balaban J connectivity index is 3.22. The predicted molar refractivity (Wildman–Crippen MR) is 49.4 cm³/mol. The van der Waals surface area contributed by atoms with Crippen LogP contribution in [0.3, 0.4) is 0 Å². The van der Waals surface area contributed by atoms with Gasteiger partial charge in [0.05, 0.1) is 0 Å². The molecule has 0 aliphatic heterocycles. The summed E-state index contributed by atoms with van der Waals surface area (Å²) in [6, 6.07) is 0.754. The van der Waals surface area contributed by atoms with Crippen LogP contribution in [0, 0.1) is 0 Å². The molecule has 20 heavy (non-hydrogen) atoms. The second kappa shape index (κ2) is 4.98. The molecule has 1 aromatic carbocycles. The Labute approximate surface area is 106 Å². The smallest absolute Gasteiger partial charge is 0.406 e. The molecule has 0 N–H and O–H groups in total. The van der Waals surface area contributed by atoms with Gasteiger partial charge in [0.1, 0.15) is 11.5 Å². The van der Waals surface area contributed by atoms with E-state index in [0.29, 0.717) is 6.92 Å². The van der Waals surface area contributed by atoms with Gasteiger partial charge in [-0.3, -0.25) is 0 Å². The van der Waals surface area contributed by atoms with Gasteiger partial charge in [-0.15, -0.1) is 26.3 Å². The van der Waals surface area contributed by atoms with Crippen molar-refractivity contribution in [2.45, 2.75) is 25.6 Å². The summed E-state index contributed by atoms with van der Waals surface area (Å²) in [5.41, 5.74) is -1.11. The van der Waals surface area contributed by atoms with Crippen LogP contribution in [0.2, 0.25) is 0 Å². The fourth-order valence-corrected chi connectivity index (χ4v) is 1.21. The number of ether oxygens (including phenoxy) is 2. The van der Waals surface area contributed by atoms with Crippen molar-refractivity contribution < 1.29 is 44.6 Å². The van der Waals surface area contributed by atoms with Crippen molar-refractivity contribution in [2.75, 3.05) is 0 Å². The van der Waals surface area contributed by atoms with Crippen LogP contribution >= 0.6 is 0 Å². The first-order valence-corrected chi connectivity index (χ1v) is 4.81. The summed E-state index contributed by atoms with van der Waals surface area (Å²) in [5.74, 6) is -6.15. The Bertz CT molecular complexity index is 437. The molecular formula is C10H6F8O2. The highest BCUT2D eigenvalue weighted by atomic mass is 19.4. The van der Waals surface area contributed by atoms with Crippen LogP contribution in [0.4, 0.5) is 35.1 Å². The molecule has 0 fully saturated rings. The van der Waals surface area contributed by atoms with Crippen LogP contribution in [-0.4, -0.2) is 12.7 Å². The number of rotatable bonds is 3. The third kappa shape index (κ3) is 5.49. The largest absolute Gasteiger partial charge is 0.573 e. The summed E-state index contributed by atoms with van der Waals surface area (Å²) >= 11 is 0. The highest BCUT2D eigenvalue weighted by molar-refractivity contribution is 5.40. The molecule has 0 saturated heterocycles. The molecule has 0 unspecified atom stereocenters. The normalized spacial score (nSPS) is 13.2. The molecule has 1 aromatic rings. The van der Waals surface area contributed by atoms with Gasteiger partial charge in [-0.05, 0) is 12.1 Å². The van der Waals surface area contributed by atoms with Crippen molar-refractivity contribution in [3.8, 4) is 11.5 Å². The fraction of sp³-hybridized carbons (Fsp3) is 0.400. The first kappa shape index (κ1) is 16.3. The number of alkyl halides is 8. The maximum Gasteiger partial charge on any atom is 0.573 e. The van der Waals surface area contributed by atoms with Gasteiger partial charge in [0, 0.05) is 18.6 Å². The van der Waals surface area contributed by atoms with Crippen molar-refractivity contribution in [1.29, 1.82) is 0 Å². The summed E-state index contributed by atoms with van der Waals surface area (Å²) in [4.78, 5) is 0. The molecule has 0 aromatic heterocycles. The highest BCUT2D eigenvalue weighted by Crippen LogP contribution is 2.36. The second-order valence-corrected chi connectivity index (χ2v) is 3.68. The van der Waals surface area contributed by atoms with Crippen molar-refractivity contribution in [3.05, 3.63) is 23.8 Å². The van der Waals surface area contributed by atoms with Crippen LogP contribution in [0.25, 0.3) is 0 Å². The van der Waals surface area contributed by atoms with E-state index in [-0.39, 0.29) is 18.2 Å². The van der Waals surface area contributed by atoms with Crippen LogP contribution < -0.4 is 9.47 Å². The van der Waals surface area contributed by atoms with E-state index in [0.717, 1.165) is 0 Å². The van der Waals surface area contributed by atoms with Gasteiger partial charge < -0.3 is 9.47 Å². The van der Waals surface area contributed by atoms with Gasteiger partial charge in [-0.25, -0.2) is 8.78 Å². The maximum absolute atomic E-state index is 13.0. The van der Waals surface area contributed by atoms with Crippen molar-refractivity contribution >= 4 is 0 Å². The minimum absolute atomic E-state index is 0.205. The quantitative estimate of drug-likeness (QED) is 0.760. The summed E-state index contributed by atoms with van der Waals surface area (Å²) in [5, 5.41) is 0. The molecule has 2 nitrogen and oxygen atoms in total. The highest BCUT2D eigenvalue weighted by Gasteiger charge is 2.35. The first-order chi connectivity index (χ1) is 8.76. The summed E-state index contributed by atoms with van der Waals surface area (Å²) in [6.07, 6.45) is -10.5. The van der Waals surface area contributed by atoms with E-state index in [1.165, 1.54) is 0 Å². The van der Waals surface area contributed by atoms with Crippen LogP contribution in [0.15, 0.2) is 18.2 Å². The Morgan fingerprint density at radius 3 is 1.30 bits per heavy atom. The monoisotopic (exact) mass is 310 g/mol. The molecule has 0 bridgehead atoms. The maximum atomic E-state index is 13.0. The minimum Gasteiger partial charge on any atom is -0.406 e. The van der Waals surface area contributed by atoms with E-state index < -0.39 is 35.7 Å². The van der Waals surface area contributed by atoms with Crippen molar-refractivity contribution in [1.82, 2.24) is 0 Å². The van der Waals surface area contributed by atoms with Gasteiger partial charge >= 0.3 is 12.7 Å². The zero-order chi connectivity index (χ0) is 15.8. The molecule has 0 aliphatic rings. The van der Waals surface area contributed by atoms with E-state index in [4.69, 9.17) is 0 Å². The molecule has 114 valence electrons. The lowest BCUT2D eigenvalue weighted by Gasteiger charge is -2.17. The SMILES string of the molecule is CC(F)(F)c1cc(OC(F)(F)F)cc(OC(F)(F)F)c1. The zero-order valence-corrected chi connectivity index (χ0v) is 9.57. The van der Waals surface area contributed by atoms with Gasteiger partial charge in [0.2, 0.25) is 0 Å². The summed E-state index contributed by atoms with van der Waals surface area (Å²) < 4.78 is 104. The summed E-state index contributed by atoms with van der Waals surface area (Å²) in [6.45, 7) is 0.303. The van der Waals surface area contributed by atoms with Crippen molar-refractivity contribution in [3.63, 3.8) is 0 Å². The van der Waals surface area contributed by atoms with Crippen LogP contribution in [0.5, 0.6) is 11.5 Å². The minimum atomic E-state index is -5.24. The Hall–Kier alpha value is -1.74. The molecule has 0 spiro atoms. The molecule has 0 heterocycles. The average Bonchev–Trinajstić information content (AvgIpc) is 2.09. The third-order valence-electron chi connectivity index (χ3n) is 1.85. The second-order valence-electron chi connectivity index (χ2n) is 3.68. The predicted octanol–water partition coefficient (Wildman–Crippen LogP) is 4.60. The van der Waals surface area contributed by atoms with E-state index in [1.54, 1.807) is 0 Å². The lowest BCUT2D eigenvalue weighted by Crippen LogP contribution is -2.20. The molecule has 0 atom stereocenters. The lowest BCUT2D eigenvalue weighted by molar-refractivity contribution is -0.276. The molecule has 0 saturated carbocycles. The standard InChI is InChI=1S/C10H6F8O2/c1-8(11,12)5-2-6(19-9(13,14)15)4-7(3-5)20-10(16,17)18/h2-4H,1H3. The average molecular weight is 310 g/mol. The zero-order valence-electron chi connectivity index (χ0n) is 9.57. The number of halogens is 8. The lowest BCUT2D eigenvalue weighted by atomic mass is 10.1. The number of hydrogen-bond donors (Lipinski definition) is 0. The number of benzene rings is 1. The molecule has 10 heteroatoms. The molecule has 0 radical (unpaired) electrons. The third-order valence-corrected chi connectivity index (χ3v) is 1.85. The van der Waals surface area contributed by atoms with E-state index in [9.17, 15) is 35.1 Å². The van der Waals surface area contributed by atoms with Gasteiger partial charge in [-0.2, -0.15) is 0 Å². The Kier molecular flexibility index (Phi) is 4.07. The van der Waals surface area contributed by atoms with Gasteiger partial charge in [0.25, 0.3) is 5.92 Å². The topological polar surface area (TPSA) is 18.5 Å².